The maximum atomic E-state index is 12.2. The molecule has 0 unspecified atom stereocenters. The summed E-state index contributed by atoms with van der Waals surface area (Å²) in [6.45, 7) is 11.0. The summed E-state index contributed by atoms with van der Waals surface area (Å²) < 4.78 is 0. The van der Waals surface area contributed by atoms with Crippen LogP contribution in [-0.4, -0.2) is 61.5 Å². The van der Waals surface area contributed by atoms with Gasteiger partial charge in [-0.2, -0.15) is 0 Å². The molecule has 1 spiro atoms. The molecular formula is C14H29Cl2N3O. The topological polar surface area (TPSA) is 35.6 Å². The fourth-order valence-electron chi connectivity index (χ4n) is 3.19. The molecule has 2 fully saturated rings. The Hall–Kier alpha value is -0.0300. The molecule has 0 aromatic rings. The first kappa shape index (κ1) is 20.0. The molecule has 20 heavy (non-hydrogen) atoms. The van der Waals surface area contributed by atoms with E-state index in [-0.39, 0.29) is 24.8 Å². The van der Waals surface area contributed by atoms with Gasteiger partial charge in [0.05, 0.1) is 6.54 Å². The van der Waals surface area contributed by atoms with E-state index in [1.165, 1.54) is 19.3 Å². The Balaban J connectivity index is 0.00000180. The molecule has 0 aromatic carbocycles. The minimum absolute atomic E-state index is 0. The average Bonchev–Trinajstić information content (AvgIpc) is 2.85. The van der Waals surface area contributed by atoms with Gasteiger partial charge in [0, 0.05) is 19.6 Å². The number of likely N-dealkylation sites (N-methyl/N-ethyl adjacent to an activating group) is 1. The highest BCUT2D eigenvalue weighted by molar-refractivity contribution is 5.85. The maximum absolute atomic E-state index is 12.2. The minimum Gasteiger partial charge on any atom is -0.342 e. The Kier molecular flexibility index (Phi) is 9.07. The maximum Gasteiger partial charge on any atom is 0.236 e. The van der Waals surface area contributed by atoms with Crippen LogP contribution in [0.4, 0.5) is 0 Å². The second-order valence-electron chi connectivity index (χ2n) is 5.77. The number of carbonyl (C=O) groups is 1. The van der Waals surface area contributed by atoms with Gasteiger partial charge in [-0.15, -0.1) is 24.8 Å². The van der Waals surface area contributed by atoms with Crippen LogP contribution >= 0.6 is 24.8 Å². The van der Waals surface area contributed by atoms with Crippen molar-refractivity contribution in [3.05, 3.63) is 0 Å². The molecule has 2 rings (SSSR count). The predicted octanol–water partition coefficient (Wildman–Crippen LogP) is 1.77. The molecule has 2 saturated heterocycles. The number of rotatable bonds is 4. The van der Waals surface area contributed by atoms with Crippen LogP contribution in [0.15, 0.2) is 0 Å². The lowest BCUT2D eigenvalue weighted by Gasteiger charge is -2.39. The van der Waals surface area contributed by atoms with E-state index in [1.807, 2.05) is 0 Å². The highest BCUT2D eigenvalue weighted by Crippen LogP contribution is 2.36. The van der Waals surface area contributed by atoms with Crippen LogP contribution in [0.3, 0.4) is 0 Å². The largest absolute Gasteiger partial charge is 0.342 e. The van der Waals surface area contributed by atoms with Gasteiger partial charge in [-0.25, -0.2) is 0 Å². The molecule has 120 valence electrons. The minimum atomic E-state index is 0. The van der Waals surface area contributed by atoms with Gasteiger partial charge in [0.2, 0.25) is 5.91 Å². The van der Waals surface area contributed by atoms with E-state index >= 15 is 0 Å². The molecule has 0 aliphatic carbocycles. The van der Waals surface area contributed by atoms with Gasteiger partial charge in [0.25, 0.3) is 0 Å². The average molecular weight is 326 g/mol. The summed E-state index contributed by atoms with van der Waals surface area (Å²) in [6.07, 6.45) is 3.67. The van der Waals surface area contributed by atoms with Crippen molar-refractivity contribution in [2.75, 3.05) is 45.8 Å². The van der Waals surface area contributed by atoms with Crippen molar-refractivity contribution in [1.82, 2.24) is 15.1 Å². The number of carbonyl (C=O) groups excluding carboxylic acids is 1. The summed E-state index contributed by atoms with van der Waals surface area (Å²) >= 11 is 0. The highest BCUT2D eigenvalue weighted by atomic mass is 35.5. The molecule has 1 amide bonds. The fourth-order valence-corrected chi connectivity index (χ4v) is 3.19. The van der Waals surface area contributed by atoms with Crippen LogP contribution < -0.4 is 5.32 Å². The van der Waals surface area contributed by atoms with Crippen molar-refractivity contribution in [3.8, 4) is 0 Å². The van der Waals surface area contributed by atoms with Gasteiger partial charge < -0.3 is 10.2 Å². The third kappa shape index (κ3) is 4.76. The summed E-state index contributed by atoms with van der Waals surface area (Å²) in [7, 11) is 0. The number of halogens is 2. The van der Waals surface area contributed by atoms with Gasteiger partial charge in [0.15, 0.2) is 0 Å². The molecule has 2 aliphatic rings. The van der Waals surface area contributed by atoms with Crippen LogP contribution in [0.2, 0.25) is 0 Å². The molecular weight excluding hydrogens is 297 g/mol. The van der Waals surface area contributed by atoms with Gasteiger partial charge >= 0.3 is 0 Å². The van der Waals surface area contributed by atoms with Crippen molar-refractivity contribution in [3.63, 3.8) is 0 Å². The second kappa shape index (κ2) is 9.08. The molecule has 0 aromatic heterocycles. The molecule has 2 aliphatic heterocycles. The van der Waals surface area contributed by atoms with Gasteiger partial charge in [-0.05, 0) is 44.3 Å². The summed E-state index contributed by atoms with van der Waals surface area (Å²) in [5, 5.41) is 3.47. The van der Waals surface area contributed by atoms with Crippen LogP contribution in [0.25, 0.3) is 0 Å². The third-order valence-corrected chi connectivity index (χ3v) is 4.76. The third-order valence-electron chi connectivity index (χ3n) is 4.76. The van der Waals surface area contributed by atoms with E-state index in [1.54, 1.807) is 0 Å². The first-order valence-corrected chi connectivity index (χ1v) is 7.40. The van der Waals surface area contributed by atoms with E-state index in [2.05, 4.69) is 29.0 Å². The lowest BCUT2D eigenvalue weighted by Crippen LogP contribution is -2.47. The van der Waals surface area contributed by atoms with Crippen molar-refractivity contribution < 1.29 is 4.79 Å². The van der Waals surface area contributed by atoms with Gasteiger partial charge in [-0.1, -0.05) is 13.8 Å². The van der Waals surface area contributed by atoms with E-state index < -0.39 is 0 Å². The number of nitrogens with one attached hydrogen (secondary N) is 1. The van der Waals surface area contributed by atoms with Crippen molar-refractivity contribution in [2.45, 2.75) is 33.1 Å². The lowest BCUT2D eigenvalue weighted by molar-refractivity contribution is -0.134. The number of nitrogens with zero attached hydrogens (tertiary/aromatic N) is 2. The first-order chi connectivity index (χ1) is 8.69. The van der Waals surface area contributed by atoms with Crippen LogP contribution in [0.1, 0.15) is 33.1 Å². The second-order valence-corrected chi connectivity index (χ2v) is 5.77. The highest BCUT2D eigenvalue weighted by Gasteiger charge is 2.37. The number of hydrogen-bond donors (Lipinski definition) is 1. The molecule has 0 atom stereocenters. The molecule has 0 bridgehead atoms. The van der Waals surface area contributed by atoms with Crippen molar-refractivity contribution in [1.29, 1.82) is 0 Å². The number of piperidine rings is 1. The Bertz CT molecular complexity index is 282. The zero-order chi connectivity index (χ0) is 13.0. The first-order valence-electron chi connectivity index (χ1n) is 7.40. The lowest BCUT2D eigenvalue weighted by atomic mass is 9.78. The summed E-state index contributed by atoms with van der Waals surface area (Å²) in [4.78, 5) is 16.5. The summed E-state index contributed by atoms with van der Waals surface area (Å²) in [6, 6.07) is 0. The Morgan fingerprint density at radius 3 is 2.20 bits per heavy atom. The monoisotopic (exact) mass is 325 g/mol. The van der Waals surface area contributed by atoms with Crippen LogP contribution in [0, 0.1) is 5.41 Å². The van der Waals surface area contributed by atoms with Crippen LogP contribution in [-0.2, 0) is 4.79 Å². The zero-order valence-corrected chi connectivity index (χ0v) is 14.3. The molecule has 6 heteroatoms. The van der Waals surface area contributed by atoms with E-state index in [9.17, 15) is 4.79 Å². The standard InChI is InChI=1S/C14H27N3O.2ClH/c1-3-16(4-2)11-13(18)17-9-6-14(7-10-17)5-8-15-12-14;;/h15H,3-12H2,1-2H3;2*1H. The number of amides is 1. The molecule has 0 saturated carbocycles. The van der Waals surface area contributed by atoms with Crippen molar-refractivity contribution >= 4 is 30.7 Å². The summed E-state index contributed by atoms with van der Waals surface area (Å²) in [5.74, 6) is 0.319. The Labute approximate surface area is 135 Å². The smallest absolute Gasteiger partial charge is 0.236 e. The molecule has 2 heterocycles. The Morgan fingerprint density at radius 2 is 1.75 bits per heavy atom. The summed E-state index contributed by atoms with van der Waals surface area (Å²) in [5.41, 5.74) is 0.506. The van der Waals surface area contributed by atoms with Gasteiger partial charge in [0.1, 0.15) is 0 Å². The molecule has 4 nitrogen and oxygen atoms in total. The van der Waals surface area contributed by atoms with Gasteiger partial charge in [-0.3, -0.25) is 9.69 Å². The Morgan fingerprint density at radius 1 is 1.15 bits per heavy atom. The van der Waals surface area contributed by atoms with E-state index in [0.29, 0.717) is 17.9 Å². The normalized spacial score (nSPS) is 20.6. The fraction of sp³-hybridized carbons (Fsp3) is 0.929. The van der Waals surface area contributed by atoms with Crippen LogP contribution in [0.5, 0.6) is 0 Å². The number of hydrogen-bond acceptors (Lipinski definition) is 3. The zero-order valence-electron chi connectivity index (χ0n) is 12.7. The quantitative estimate of drug-likeness (QED) is 0.855. The van der Waals surface area contributed by atoms with Crippen molar-refractivity contribution in [2.24, 2.45) is 5.41 Å². The SMILES string of the molecule is CCN(CC)CC(=O)N1CCC2(CCNC2)CC1.Cl.Cl. The van der Waals surface area contributed by atoms with E-state index in [4.69, 9.17) is 0 Å². The predicted molar refractivity (Wildman–Crippen MR) is 88.0 cm³/mol. The van der Waals surface area contributed by atoms with E-state index in [0.717, 1.165) is 39.3 Å². The molecule has 0 radical (unpaired) electrons. The molecule has 1 N–H and O–H groups in total. The number of likely N-dealkylation sites (tertiary alicyclic amines) is 1.